The molecule has 0 N–H and O–H groups in total. The lowest BCUT2D eigenvalue weighted by atomic mass is 9.87. The molecule has 0 amide bonds. The number of aryl methyl sites for hydroxylation is 1. The topological polar surface area (TPSA) is 18.5 Å². The highest BCUT2D eigenvalue weighted by Gasteiger charge is 2.13. The van der Waals surface area contributed by atoms with Gasteiger partial charge in [0.25, 0.3) is 0 Å². The van der Waals surface area contributed by atoms with Gasteiger partial charge in [-0.2, -0.15) is 0 Å². The largest absolute Gasteiger partial charge is 0.494 e. The Labute approximate surface area is 336 Å². The maximum Gasteiger partial charge on any atom is 0.119 e. The van der Waals surface area contributed by atoms with E-state index in [-0.39, 0.29) is 27.9 Å². The molecule has 0 unspecified atom stereocenters. The smallest absolute Gasteiger partial charge is 0.119 e. The first kappa shape index (κ1) is 53.0. The van der Waals surface area contributed by atoms with E-state index in [1.165, 1.54) is 57.9 Å². The fraction of sp³-hybridized carbons (Fsp3) is 0.577. The molecule has 0 radical (unpaired) electrons. The number of hydrogen-bond donors (Lipinski definition) is 0. The summed E-state index contributed by atoms with van der Waals surface area (Å²) in [6, 6.07) is 30.6. The molecule has 2 heteroatoms. The molecule has 4 aromatic rings. The van der Waals surface area contributed by atoms with Gasteiger partial charge in [-0.1, -0.05) is 178 Å². The van der Waals surface area contributed by atoms with Crippen LogP contribution in [0.2, 0.25) is 0 Å². The number of hydrogen-bond acceptors (Lipinski definition) is 2. The number of rotatable bonds is 11. The second-order valence-electron chi connectivity index (χ2n) is 18.7. The fourth-order valence-electron chi connectivity index (χ4n) is 5.55. The lowest BCUT2D eigenvalue weighted by Crippen LogP contribution is -2.18. The van der Waals surface area contributed by atoms with Crippen LogP contribution in [-0.4, -0.2) is 12.2 Å². The Balaban J connectivity index is 0. The molecule has 0 aliphatic carbocycles. The normalized spacial score (nSPS) is 11.4. The third-order valence-corrected chi connectivity index (χ3v) is 8.94. The van der Waals surface area contributed by atoms with Crippen LogP contribution in [0.25, 0.3) is 10.8 Å². The predicted molar refractivity (Wildman–Crippen MR) is 246 cm³/mol. The lowest BCUT2D eigenvalue weighted by molar-refractivity contribution is -0.0149. The molecule has 0 saturated carbocycles. The van der Waals surface area contributed by atoms with Crippen LogP contribution in [0.4, 0.5) is 0 Å². The van der Waals surface area contributed by atoms with E-state index in [1.807, 2.05) is 6.07 Å². The van der Waals surface area contributed by atoms with Gasteiger partial charge in [-0.3, -0.25) is 0 Å². The summed E-state index contributed by atoms with van der Waals surface area (Å²) in [6.07, 6.45) is 4.83. The van der Waals surface area contributed by atoms with Gasteiger partial charge in [-0.05, 0) is 126 Å². The molecule has 306 valence electrons. The van der Waals surface area contributed by atoms with Gasteiger partial charge in [-0.25, -0.2) is 0 Å². The van der Waals surface area contributed by atoms with Gasteiger partial charge in [0.05, 0.1) is 18.8 Å². The Bertz CT molecular complexity index is 1570. The van der Waals surface area contributed by atoms with E-state index in [0.29, 0.717) is 35.2 Å². The molecular weight excluding hydrogens is 657 g/mol. The maximum absolute atomic E-state index is 5.77. The third-order valence-electron chi connectivity index (χ3n) is 8.94. The minimum absolute atomic E-state index is 0. The fourth-order valence-corrected chi connectivity index (χ4v) is 5.55. The SMILES string of the molecule is C.C.C.CC(C)c1cc(CCCC(C)(C)C)c2ccccc2c1.CC(C)c1cccc(COC(C)(C)C)c1.CC(C)c1cccc(OCCC(C)(C)C)c1. The van der Waals surface area contributed by atoms with Crippen molar-refractivity contribution in [1.82, 2.24) is 0 Å². The van der Waals surface area contributed by atoms with Crippen molar-refractivity contribution in [3.63, 3.8) is 0 Å². The Kier molecular flexibility index (Phi) is 24.0. The summed E-state index contributed by atoms with van der Waals surface area (Å²) >= 11 is 0. The standard InChI is InChI=1S/C20H28.C15H24O.C14H22O.3CH4/c1-15(2)18-13-16-9-6-7-11-19(16)17(14-18)10-8-12-20(3,4)5;1-12(2)13-7-6-8-14(11-13)16-10-9-15(3,4)5;1-11(2)13-8-6-7-12(9-13)10-15-14(3,4)5;;;/h6-7,9,11,13-15H,8,10,12H2,1-5H3;6-8,11-12H,9-10H2,1-5H3;6-9,11H,10H2,1-5H3;3*1H4. The van der Waals surface area contributed by atoms with Gasteiger partial charge in [-0.15, -0.1) is 0 Å². The molecule has 0 spiro atoms. The van der Waals surface area contributed by atoms with Crippen molar-refractivity contribution >= 4 is 10.8 Å². The molecule has 0 saturated heterocycles. The minimum atomic E-state index is -0.0617. The minimum Gasteiger partial charge on any atom is -0.494 e. The highest BCUT2D eigenvalue weighted by Crippen LogP contribution is 2.29. The van der Waals surface area contributed by atoms with E-state index in [4.69, 9.17) is 9.47 Å². The van der Waals surface area contributed by atoms with E-state index in [9.17, 15) is 0 Å². The molecule has 0 atom stereocenters. The zero-order chi connectivity index (χ0) is 38.4. The third kappa shape index (κ3) is 21.7. The van der Waals surface area contributed by atoms with Gasteiger partial charge in [0.1, 0.15) is 5.75 Å². The van der Waals surface area contributed by atoms with Gasteiger partial charge in [0.15, 0.2) is 0 Å². The molecule has 0 bridgehead atoms. The molecule has 0 aliphatic heterocycles. The van der Waals surface area contributed by atoms with E-state index < -0.39 is 0 Å². The van der Waals surface area contributed by atoms with Crippen LogP contribution in [0.5, 0.6) is 5.75 Å². The number of ether oxygens (including phenoxy) is 2. The van der Waals surface area contributed by atoms with Crippen molar-refractivity contribution in [3.05, 3.63) is 113 Å². The van der Waals surface area contributed by atoms with E-state index in [0.717, 1.165) is 18.8 Å². The van der Waals surface area contributed by atoms with Crippen molar-refractivity contribution in [1.29, 1.82) is 0 Å². The van der Waals surface area contributed by atoms with Crippen molar-refractivity contribution in [2.75, 3.05) is 6.61 Å². The summed E-state index contributed by atoms with van der Waals surface area (Å²) in [4.78, 5) is 0. The molecule has 0 heterocycles. The summed E-state index contributed by atoms with van der Waals surface area (Å²) in [5.74, 6) is 2.74. The average Bonchev–Trinajstić information content (AvgIpc) is 3.03. The molecule has 2 nitrogen and oxygen atoms in total. The van der Waals surface area contributed by atoms with Crippen LogP contribution >= 0.6 is 0 Å². The summed E-state index contributed by atoms with van der Waals surface area (Å²) in [5.41, 5.74) is 7.69. The predicted octanol–water partition coefficient (Wildman–Crippen LogP) is 17.0. The van der Waals surface area contributed by atoms with Gasteiger partial charge in [0.2, 0.25) is 0 Å². The lowest BCUT2D eigenvalue weighted by Gasteiger charge is -2.20. The first-order chi connectivity index (χ1) is 23.6. The highest BCUT2D eigenvalue weighted by molar-refractivity contribution is 5.86. The van der Waals surface area contributed by atoms with Crippen molar-refractivity contribution in [2.45, 2.75) is 182 Å². The van der Waals surface area contributed by atoms with E-state index in [2.05, 4.69) is 183 Å². The second kappa shape index (κ2) is 24.4. The van der Waals surface area contributed by atoms with Crippen molar-refractivity contribution in [2.24, 2.45) is 10.8 Å². The highest BCUT2D eigenvalue weighted by atomic mass is 16.5. The van der Waals surface area contributed by atoms with Crippen molar-refractivity contribution in [3.8, 4) is 5.75 Å². The van der Waals surface area contributed by atoms with E-state index >= 15 is 0 Å². The monoisotopic (exact) mass is 743 g/mol. The van der Waals surface area contributed by atoms with Crippen molar-refractivity contribution < 1.29 is 9.47 Å². The van der Waals surface area contributed by atoms with Gasteiger partial charge < -0.3 is 9.47 Å². The first-order valence-electron chi connectivity index (χ1n) is 19.6. The van der Waals surface area contributed by atoms with Crippen LogP contribution in [0.3, 0.4) is 0 Å². The average molecular weight is 743 g/mol. The zero-order valence-corrected chi connectivity index (χ0v) is 35.4. The Hall–Kier alpha value is -3.10. The summed E-state index contributed by atoms with van der Waals surface area (Å²) in [5, 5.41) is 2.83. The Morgan fingerprint density at radius 3 is 1.61 bits per heavy atom. The summed E-state index contributed by atoms with van der Waals surface area (Å²) < 4.78 is 11.5. The molecule has 0 fully saturated rings. The molecule has 4 aromatic carbocycles. The number of benzene rings is 4. The first-order valence-corrected chi connectivity index (χ1v) is 19.6. The molecule has 0 aromatic heterocycles. The zero-order valence-electron chi connectivity index (χ0n) is 35.4. The molecular formula is C52H86O2. The Morgan fingerprint density at radius 2 is 1.07 bits per heavy atom. The van der Waals surface area contributed by atoms with Crippen LogP contribution in [0, 0.1) is 10.8 Å². The molecule has 4 rings (SSSR count). The maximum atomic E-state index is 5.77. The van der Waals surface area contributed by atoms with Crippen LogP contribution in [0.15, 0.2) is 84.9 Å². The molecule has 0 aliphatic rings. The summed E-state index contributed by atoms with van der Waals surface area (Å²) in [7, 11) is 0. The van der Waals surface area contributed by atoms with E-state index in [1.54, 1.807) is 0 Å². The van der Waals surface area contributed by atoms with Gasteiger partial charge in [0, 0.05) is 0 Å². The van der Waals surface area contributed by atoms with Crippen LogP contribution < -0.4 is 4.74 Å². The number of fused-ring (bicyclic) bond motifs is 1. The Morgan fingerprint density at radius 1 is 0.537 bits per heavy atom. The van der Waals surface area contributed by atoms with Gasteiger partial charge >= 0.3 is 0 Å². The van der Waals surface area contributed by atoms with Crippen LogP contribution in [-0.2, 0) is 17.8 Å². The quantitative estimate of drug-likeness (QED) is 0.152. The van der Waals surface area contributed by atoms with Crippen LogP contribution in [0.1, 0.15) is 191 Å². The molecule has 54 heavy (non-hydrogen) atoms. The second-order valence-corrected chi connectivity index (χ2v) is 18.7. The summed E-state index contributed by atoms with van der Waals surface area (Å²) in [6.45, 7) is 34.8.